The lowest BCUT2D eigenvalue weighted by Gasteiger charge is -2.02. The van der Waals surface area contributed by atoms with Crippen LogP contribution in [-0.4, -0.2) is 10.1 Å². The van der Waals surface area contributed by atoms with Crippen LogP contribution >= 0.6 is 22.6 Å². The molecule has 2 aromatic rings. The molecule has 0 aliphatic rings. The summed E-state index contributed by atoms with van der Waals surface area (Å²) in [5.74, 6) is 2.08. The van der Waals surface area contributed by atoms with Gasteiger partial charge in [-0.3, -0.25) is 0 Å². The van der Waals surface area contributed by atoms with E-state index in [2.05, 4.69) is 39.7 Å². The van der Waals surface area contributed by atoms with Crippen LogP contribution in [0.2, 0.25) is 0 Å². The zero-order valence-corrected chi connectivity index (χ0v) is 11.7. The Morgan fingerprint density at radius 3 is 2.76 bits per heavy atom. The molecule has 0 aliphatic heterocycles. The molecule has 17 heavy (non-hydrogen) atoms. The molecule has 0 saturated carbocycles. The summed E-state index contributed by atoms with van der Waals surface area (Å²) in [5.41, 5.74) is 0. The van der Waals surface area contributed by atoms with Crippen molar-refractivity contribution in [3.05, 3.63) is 39.6 Å². The summed E-state index contributed by atoms with van der Waals surface area (Å²) in [6, 6.07) is 7.84. The number of hydrogen-bond acceptors (Lipinski definition) is 4. The van der Waals surface area contributed by atoms with E-state index in [1.165, 1.54) is 3.57 Å². The Morgan fingerprint density at radius 1 is 1.29 bits per heavy atom. The van der Waals surface area contributed by atoms with Crippen molar-refractivity contribution in [1.29, 1.82) is 0 Å². The van der Waals surface area contributed by atoms with Crippen LogP contribution in [0.1, 0.15) is 25.1 Å². The number of halogens is 1. The molecule has 0 N–H and O–H groups in total. The average molecular weight is 344 g/mol. The van der Waals surface area contributed by atoms with Gasteiger partial charge in [0, 0.05) is 9.99 Å². The van der Waals surface area contributed by atoms with Gasteiger partial charge in [0.05, 0.1) is 0 Å². The average Bonchev–Trinajstić information content (AvgIpc) is 2.77. The standard InChI is InChI=1S/C12H13IN2O2/c1-2-3-12-14-11(15-17-12)8-16-10-6-4-9(13)5-7-10/h4-7H,2-3,8H2,1H3. The molecule has 0 amide bonds. The topological polar surface area (TPSA) is 48.2 Å². The Kier molecular flexibility index (Phi) is 4.36. The van der Waals surface area contributed by atoms with Gasteiger partial charge in [-0.05, 0) is 53.3 Å². The molecule has 0 atom stereocenters. The van der Waals surface area contributed by atoms with Crippen LogP contribution in [0, 0.1) is 3.57 Å². The molecule has 0 bridgehead atoms. The van der Waals surface area contributed by atoms with Crippen LogP contribution in [0.25, 0.3) is 0 Å². The summed E-state index contributed by atoms with van der Waals surface area (Å²) >= 11 is 2.25. The van der Waals surface area contributed by atoms with E-state index >= 15 is 0 Å². The number of ether oxygens (including phenoxy) is 1. The number of benzene rings is 1. The Bertz CT molecular complexity index is 468. The van der Waals surface area contributed by atoms with Crippen molar-refractivity contribution in [2.24, 2.45) is 0 Å². The fraction of sp³-hybridized carbons (Fsp3) is 0.333. The maximum absolute atomic E-state index is 5.55. The van der Waals surface area contributed by atoms with Crippen LogP contribution in [0.4, 0.5) is 0 Å². The number of rotatable bonds is 5. The molecule has 2 rings (SSSR count). The molecule has 0 unspecified atom stereocenters. The van der Waals surface area contributed by atoms with E-state index in [0.29, 0.717) is 18.3 Å². The van der Waals surface area contributed by atoms with Crippen molar-refractivity contribution in [2.75, 3.05) is 0 Å². The van der Waals surface area contributed by atoms with Crippen LogP contribution in [0.5, 0.6) is 5.75 Å². The minimum absolute atomic E-state index is 0.341. The van der Waals surface area contributed by atoms with Crippen LogP contribution in [-0.2, 0) is 13.0 Å². The summed E-state index contributed by atoms with van der Waals surface area (Å²) < 4.78 is 11.8. The zero-order chi connectivity index (χ0) is 12.1. The number of nitrogens with zero attached hydrogens (tertiary/aromatic N) is 2. The molecule has 0 aliphatic carbocycles. The maximum Gasteiger partial charge on any atom is 0.226 e. The fourth-order valence-electron chi connectivity index (χ4n) is 1.34. The predicted molar refractivity (Wildman–Crippen MR) is 71.8 cm³/mol. The van der Waals surface area contributed by atoms with Crippen molar-refractivity contribution in [1.82, 2.24) is 10.1 Å². The molecule has 1 aromatic heterocycles. The first-order valence-electron chi connectivity index (χ1n) is 5.47. The molecule has 0 radical (unpaired) electrons. The highest BCUT2D eigenvalue weighted by atomic mass is 127. The lowest BCUT2D eigenvalue weighted by Crippen LogP contribution is -1.97. The van der Waals surface area contributed by atoms with Crippen LogP contribution in [0.3, 0.4) is 0 Å². The Hall–Kier alpha value is -1.11. The van der Waals surface area contributed by atoms with Gasteiger partial charge in [0.1, 0.15) is 5.75 Å². The lowest BCUT2D eigenvalue weighted by atomic mass is 10.3. The van der Waals surface area contributed by atoms with Gasteiger partial charge in [-0.2, -0.15) is 4.98 Å². The van der Waals surface area contributed by atoms with Crippen LogP contribution < -0.4 is 4.74 Å². The van der Waals surface area contributed by atoms with Crippen molar-refractivity contribution in [2.45, 2.75) is 26.4 Å². The molecule has 1 aromatic carbocycles. The number of aryl methyl sites for hydroxylation is 1. The van der Waals surface area contributed by atoms with Gasteiger partial charge in [-0.1, -0.05) is 12.1 Å². The second-order valence-corrected chi connectivity index (χ2v) is 4.84. The van der Waals surface area contributed by atoms with E-state index in [9.17, 15) is 0 Å². The summed E-state index contributed by atoms with van der Waals surface area (Å²) in [6.07, 6.45) is 1.82. The molecule has 0 spiro atoms. The summed E-state index contributed by atoms with van der Waals surface area (Å²) in [4.78, 5) is 4.23. The third kappa shape index (κ3) is 3.69. The molecule has 0 fully saturated rings. The minimum Gasteiger partial charge on any atom is -0.485 e. The van der Waals surface area contributed by atoms with Gasteiger partial charge in [0.15, 0.2) is 6.61 Å². The van der Waals surface area contributed by atoms with E-state index < -0.39 is 0 Å². The largest absolute Gasteiger partial charge is 0.485 e. The van der Waals surface area contributed by atoms with Gasteiger partial charge >= 0.3 is 0 Å². The number of hydrogen-bond donors (Lipinski definition) is 0. The molecular weight excluding hydrogens is 331 g/mol. The third-order valence-electron chi connectivity index (χ3n) is 2.16. The molecule has 0 saturated heterocycles. The van der Waals surface area contributed by atoms with E-state index in [1.54, 1.807) is 0 Å². The fourth-order valence-corrected chi connectivity index (χ4v) is 1.70. The number of aromatic nitrogens is 2. The van der Waals surface area contributed by atoms with E-state index in [1.807, 2.05) is 24.3 Å². The summed E-state index contributed by atoms with van der Waals surface area (Å²) in [6.45, 7) is 2.42. The van der Waals surface area contributed by atoms with Gasteiger partial charge in [0.25, 0.3) is 0 Å². The third-order valence-corrected chi connectivity index (χ3v) is 2.87. The summed E-state index contributed by atoms with van der Waals surface area (Å²) in [7, 11) is 0. The SMILES string of the molecule is CCCc1nc(COc2ccc(I)cc2)no1. The molecular formula is C12H13IN2O2. The monoisotopic (exact) mass is 344 g/mol. The van der Waals surface area contributed by atoms with Crippen molar-refractivity contribution < 1.29 is 9.26 Å². The Morgan fingerprint density at radius 2 is 2.06 bits per heavy atom. The Labute approximate surface area is 114 Å². The van der Waals surface area contributed by atoms with E-state index in [-0.39, 0.29) is 0 Å². The highest BCUT2D eigenvalue weighted by Gasteiger charge is 2.05. The quantitative estimate of drug-likeness (QED) is 0.782. The second-order valence-electron chi connectivity index (χ2n) is 3.60. The first-order chi connectivity index (χ1) is 8.28. The van der Waals surface area contributed by atoms with Crippen molar-refractivity contribution in [3.63, 3.8) is 0 Å². The van der Waals surface area contributed by atoms with Gasteiger partial charge in [-0.25, -0.2) is 0 Å². The van der Waals surface area contributed by atoms with E-state index in [0.717, 1.165) is 18.6 Å². The van der Waals surface area contributed by atoms with Gasteiger partial charge in [0.2, 0.25) is 11.7 Å². The summed E-state index contributed by atoms with van der Waals surface area (Å²) in [5, 5.41) is 3.85. The first-order valence-corrected chi connectivity index (χ1v) is 6.55. The van der Waals surface area contributed by atoms with Crippen molar-refractivity contribution >= 4 is 22.6 Å². The normalized spacial score (nSPS) is 10.5. The molecule has 90 valence electrons. The predicted octanol–water partition coefficient (Wildman–Crippen LogP) is 3.21. The van der Waals surface area contributed by atoms with E-state index in [4.69, 9.17) is 9.26 Å². The first kappa shape index (κ1) is 12.3. The maximum atomic E-state index is 5.55. The second kappa shape index (κ2) is 6.00. The van der Waals surface area contributed by atoms with Gasteiger partial charge in [-0.15, -0.1) is 0 Å². The zero-order valence-electron chi connectivity index (χ0n) is 9.52. The lowest BCUT2D eigenvalue weighted by molar-refractivity contribution is 0.285. The highest BCUT2D eigenvalue weighted by Crippen LogP contribution is 2.14. The highest BCUT2D eigenvalue weighted by molar-refractivity contribution is 14.1. The van der Waals surface area contributed by atoms with Gasteiger partial charge < -0.3 is 9.26 Å². The smallest absolute Gasteiger partial charge is 0.226 e. The Balaban J connectivity index is 1.90. The van der Waals surface area contributed by atoms with Crippen LogP contribution in [0.15, 0.2) is 28.8 Å². The molecule has 5 heteroatoms. The van der Waals surface area contributed by atoms with Crippen molar-refractivity contribution in [3.8, 4) is 5.75 Å². The minimum atomic E-state index is 0.341. The molecule has 1 heterocycles. The molecule has 4 nitrogen and oxygen atoms in total.